The molecule has 4 heteroatoms. The number of rotatable bonds is 6. The van der Waals surface area contributed by atoms with Crippen molar-refractivity contribution in [2.45, 2.75) is 72.8 Å². The third kappa shape index (κ3) is 3.67. The smallest absolute Gasteiger partial charge is 0.135 e. The second kappa shape index (κ2) is 6.74. The van der Waals surface area contributed by atoms with Crippen molar-refractivity contribution in [3.05, 3.63) is 11.4 Å². The fourth-order valence-corrected chi connectivity index (χ4v) is 4.15. The van der Waals surface area contributed by atoms with Crippen molar-refractivity contribution >= 4 is 5.78 Å². The summed E-state index contributed by atoms with van der Waals surface area (Å²) in [6, 6.07) is 0. The average molecular weight is 317 g/mol. The molecule has 23 heavy (non-hydrogen) atoms. The topological polar surface area (TPSA) is 47.8 Å². The Labute approximate surface area is 140 Å². The predicted molar refractivity (Wildman–Crippen MR) is 91.1 cm³/mol. The van der Waals surface area contributed by atoms with Crippen molar-refractivity contribution in [3.8, 4) is 0 Å². The number of aromatic nitrogens is 3. The Morgan fingerprint density at radius 3 is 2.52 bits per heavy atom. The zero-order valence-corrected chi connectivity index (χ0v) is 15.1. The molecule has 2 aliphatic rings. The van der Waals surface area contributed by atoms with Gasteiger partial charge in [-0.3, -0.25) is 4.79 Å². The van der Waals surface area contributed by atoms with Crippen LogP contribution in [0.4, 0.5) is 0 Å². The summed E-state index contributed by atoms with van der Waals surface area (Å²) in [6.45, 7) is 9.55. The molecule has 0 amide bonds. The van der Waals surface area contributed by atoms with Gasteiger partial charge in [0.2, 0.25) is 0 Å². The first-order valence-corrected chi connectivity index (χ1v) is 9.41. The molecule has 4 nitrogen and oxygen atoms in total. The number of nitrogens with zero attached hydrogens (tertiary/aromatic N) is 3. The molecule has 0 aromatic carbocycles. The fraction of sp³-hybridized carbons (Fsp3) is 0.842. The Morgan fingerprint density at radius 2 is 1.87 bits per heavy atom. The highest BCUT2D eigenvalue weighted by Crippen LogP contribution is 2.54. The monoisotopic (exact) mass is 317 g/mol. The van der Waals surface area contributed by atoms with Gasteiger partial charge < -0.3 is 0 Å². The first kappa shape index (κ1) is 16.7. The highest BCUT2D eigenvalue weighted by atomic mass is 16.1. The van der Waals surface area contributed by atoms with E-state index in [9.17, 15) is 4.79 Å². The molecule has 2 aliphatic carbocycles. The van der Waals surface area contributed by atoms with E-state index in [-0.39, 0.29) is 5.92 Å². The summed E-state index contributed by atoms with van der Waals surface area (Å²) in [5.41, 5.74) is 2.58. The number of ketones is 1. The van der Waals surface area contributed by atoms with Gasteiger partial charge in [-0.1, -0.05) is 32.9 Å². The molecule has 0 aliphatic heterocycles. The third-order valence-corrected chi connectivity index (χ3v) is 5.86. The number of carbonyl (C=O) groups is 1. The molecule has 0 spiro atoms. The van der Waals surface area contributed by atoms with Gasteiger partial charge in [0.05, 0.1) is 11.4 Å². The Kier molecular flexibility index (Phi) is 4.88. The standard InChI is InChI=1S/C19H31N3O/c1-12(2)9-10-22-18-8-6-15-14(5-7-17(18)20-21-22)16(15)11-19(23)13(3)4/h12-16H,5-11H2,1-4H3. The lowest BCUT2D eigenvalue weighted by Gasteiger charge is -2.11. The first-order chi connectivity index (χ1) is 11.0. The number of fused-ring (bicyclic) bond motifs is 2. The van der Waals surface area contributed by atoms with Crippen LogP contribution in [0.2, 0.25) is 0 Å². The van der Waals surface area contributed by atoms with E-state index in [0.29, 0.717) is 17.6 Å². The van der Waals surface area contributed by atoms with Crippen LogP contribution in [-0.2, 0) is 24.2 Å². The number of hydrogen-bond donors (Lipinski definition) is 0. The van der Waals surface area contributed by atoms with Crippen molar-refractivity contribution in [2.75, 3.05) is 0 Å². The van der Waals surface area contributed by atoms with E-state index in [1.807, 2.05) is 13.8 Å². The molecule has 1 aromatic heterocycles. The fourth-order valence-electron chi connectivity index (χ4n) is 4.15. The molecule has 1 aromatic rings. The summed E-state index contributed by atoms with van der Waals surface area (Å²) < 4.78 is 2.15. The largest absolute Gasteiger partial charge is 0.299 e. The molecule has 3 unspecified atom stereocenters. The maximum Gasteiger partial charge on any atom is 0.135 e. The van der Waals surface area contributed by atoms with Crippen LogP contribution in [-0.4, -0.2) is 20.8 Å². The third-order valence-electron chi connectivity index (χ3n) is 5.86. The molecule has 0 N–H and O–H groups in total. The lowest BCUT2D eigenvalue weighted by Crippen LogP contribution is -2.10. The van der Waals surface area contributed by atoms with Crippen LogP contribution in [0.15, 0.2) is 0 Å². The molecular formula is C19H31N3O. The maximum absolute atomic E-state index is 12.1. The molecule has 3 rings (SSSR count). The Hall–Kier alpha value is -1.19. The predicted octanol–water partition coefficient (Wildman–Crippen LogP) is 3.68. The molecular weight excluding hydrogens is 286 g/mol. The van der Waals surface area contributed by atoms with E-state index in [1.165, 1.54) is 24.2 Å². The van der Waals surface area contributed by atoms with Gasteiger partial charge >= 0.3 is 0 Å². The number of hydrogen-bond acceptors (Lipinski definition) is 3. The first-order valence-electron chi connectivity index (χ1n) is 9.41. The van der Waals surface area contributed by atoms with Crippen molar-refractivity contribution in [2.24, 2.45) is 29.6 Å². The van der Waals surface area contributed by atoms with E-state index >= 15 is 0 Å². The van der Waals surface area contributed by atoms with Gasteiger partial charge in [0.1, 0.15) is 5.78 Å². The van der Waals surface area contributed by atoms with E-state index in [1.54, 1.807) is 0 Å². The Morgan fingerprint density at radius 1 is 1.17 bits per heavy atom. The van der Waals surface area contributed by atoms with Crippen LogP contribution in [0.5, 0.6) is 0 Å². The quantitative estimate of drug-likeness (QED) is 0.804. The summed E-state index contributed by atoms with van der Waals surface area (Å²) in [7, 11) is 0. The molecule has 0 radical (unpaired) electrons. The Balaban J connectivity index is 1.61. The maximum atomic E-state index is 12.1. The van der Waals surface area contributed by atoms with Gasteiger partial charge in [0.15, 0.2) is 0 Å². The van der Waals surface area contributed by atoms with Crippen molar-refractivity contribution in [1.29, 1.82) is 0 Å². The Bertz CT molecular complexity index is 561. The second-order valence-electron chi connectivity index (χ2n) is 8.28. The second-order valence-corrected chi connectivity index (χ2v) is 8.28. The number of Topliss-reactive ketones (excluding diaryl/α,β-unsaturated/α-hetero) is 1. The minimum atomic E-state index is 0.186. The lowest BCUT2D eigenvalue weighted by atomic mass is 10.0. The van der Waals surface area contributed by atoms with Crippen molar-refractivity contribution in [1.82, 2.24) is 15.0 Å². The van der Waals surface area contributed by atoms with Gasteiger partial charge in [-0.25, -0.2) is 4.68 Å². The summed E-state index contributed by atoms with van der Waals surface area (Å²) >= 11 is 0. The molecule has 3 atom stereocenters. The minimum absolute atomic E-state index is 0.186. The number of carbonyl (C=O) groups excluding carboxylic acids is 1. The van der Waals surface area contributed by atoms with Crippen LogP contribution < -0.4 is 0 Å². The van der Waals surface area contributed by atoms with Gasteiger partial charge in [-0.05, 0) is 55.8 Å². The van der Waals surface area contributed by atoms with Crippen LogP contribution in [0.1, 0.15) is 64.8 Å². The highest BCUT2D eigenvalue weighted by Gasteiger charge is 2.50. The van der Waals surface area contributed by atoms with E-state index in [4.69, 9.17) is 0 Å². The van der Waals surface area contributed by atoms with Crippen LogP contribution in [0.3, 0.4) is 0 Å². The zero-order valence-electron chi connectivity index (χ0n) is 15.1. The summed E-state index contributed by atoms with van der Waals surface area (Å²) in [6.07, 6.45) is 6.50. The molecule has 1 fully saturated rings. The summed E-state index contributed by atoms with van der Waals surface area (Å²) in [5, 5.41) is 8.85. The number of aryl methyl sites for hydroxylation is 2. The molecule has 0 saturated heterocycles. The SMILES string of the molecule is CC(C)CCn1nnc2c1CCC1C(CC2)C1CC(=O)C(C)C. The van der Waals surface area contributed by atoms with E-state index in [0.717, 1.165) is 44.1 Å². The minimum Gasteiger partial charge on any atom is -0.299 e. The van der Waals surface area contributed by atoms with E-state index in [2.05, 4.69) is 28.8 Å². The van der Waals surface area contributed by atoms with Crippen molar-refractivity contribution < 1.29 is 4.79 Å². The van der Waals surface area contributed by atoms with E-state index < -0.39 is 0 Å². The van der Waals surface area contributed by atoms with Crippen LogP contribution in [0.25, 0.3) is 0 Å². The molecule has 128 valence electrons. The lowest BCUT2D eigenvalue weighted by molar-refractivity contribution is -0.122. The average Bonchev–Trinajstić information content (AvgIpc) is 2.95. The molecule has 1 saturated carbocycles. The van der Waals surface area contributed by atoms with Gasteiger partial charge in [0.25, 0.3) is 0 Å². The van der Waals surface area contributed by atoms with Crippen molar-refractivity contribution in [3.63, 3.8) is 0 Å². The molecule has 1 heterocycles. The summed E-state index contributed by atoms with van der Waals surface area (Å²) in [4.78, 5) is 12.1. The normalized spacial score (nSPS) is 26.6. The summed E-state index contributed by atoms with van der Waals surface area (Å²) in [5.74, 6) is 3.49. The molecule has 0 bridgehead atoms. The highest BCUT2D eigenvalue weighted by molar-refractivity contribution is 5.80. The van der Waals surface area contributed by atoms with Crippen LogP contribution >= 0.6 is 0 Å². The zero-order chi connectivity index (χ0) is 16.6. The van der Waals surface area contributed by atoms with Gasteiger partial charge in [0, 0.05) is 18.9 Å². The van der Waals surface area contributed by atoms with Crippen LogP contribution in [0, 0.1) is 29.6 Å². The van der Waals surface area contributed by atoms with Gasteiger partial charge in [-0.2, -0.15) is 0 Å². The van der Waals surface area contributed by atoms with Gasteiger partial charge in [-0.15, -0.1) is 5.10 Å².